The summed E-state index contributed by atoms with van der Waals surface area (Å²) in [6, 6.07) is 0. The van der Waals surface area contributed by atoms with E-state index in [1.807, 2.05) is 0 Å². The van der Waals surface area contributed by atoms with Crippen molar-refractivity contribution in [2.24, 2.45) is 0 Å². The van der Waals surface area contributed by atoms with E-state index in [-0.39, 0.29) is 91.3 Å². The van der Waals surface area contributed by atoms with Crippen molar-refractivity contribution in [3.05, 3.63) is 0 Å². The Hall–Kier alpha value is 2.84. The molecule has 0 aromatic rings. The van der Waals surface area contributed by atoms with Crippen molar-refractivity contribution in [3.63, 3.8) is 0 Å². The first-order valence-electron chi connectivity index (χ1n) is 0. The Bertz CT molecular complexity index is 11.6. The summed E-state index contributed by atoms with van der Waals surface area (Å²) in [5.41, 5.74) is 0. The van der Waals surface area contributed by atoms with Crippen LogP contribution in [0.15, 0.2) is 0 Å². The second-order valence-corrected chi connectivity index (χ2v) is 0. The van der Waals surface area contributed by atoms with E-state index < -0.39 is 0 Å². The normalized spacial score (nSPS) is 0. The van der Waals surface area contributed by atoms with E-state index in [0.717, 1.165) is 0 Å². The van der Waals surface area contributed by atoms with Gasteiger partial charge in [0.2, 0.25) is 0 Å². The van der Waals surface area contributed by atoms with E-state index in [2.05, 4.69) is 0 Å². The van der Waals surface area contributed by atoms with Crippen molar-refractivity contribution in [1.82, 2.24) is 0 Å². The van der Waals surface area contributed by atoms with Crippen molar-refractivity contribution in [2.45, 2.75) is 0 Å². The molecule has 0 heterocycles. The predicted molar refractivity (Wildman–Crippen MR) is 5.75 cm³/mol. The molecule has 5 heavy (non-hydrogen) atoms. The van der Waals surface area contributed by atoms with Crippen molar-refractivity contribution in [1.29, 1.82) is 0 Å². The zero-order valence-corrected chi connectivity index (χ0v) is 8.20. The van der Waals surface area contributed by atoms with E-state index in [1.165, 1.54) is 0 Å². The fraction of sp³-hybridized carbons (Fsp3) is 0. The summed E-state index contributed by atoms with van der Waals surface area (Å²) in [7, 11) is 0. The first-order chi connectivity index (χ1) is 0. The average molecular weight is 246 g/mol. The number of rotatable bonds is 0. The smallest absolute Gasteiger partial charge is 0 e. The predicted octanol–water partition coefficient (Wildman–Crippen LogP) is -0.391. The van der Waals surface area contributed by atoms with Crippen LogP contribution in [0.5, 0.6) is 0 Å². The van der Waals surface area contributed by atoms with Crippen LogP contribution in [0.25, 0.3) is 0 Å². The molecule has 0 aliphatic heterocycles. The average Bonchev–Trinajstić information content (AvgIpc) is 0. The van der Waals surface area contributed by atoms with Crippen molar-refractivity contribution in [2.75, 3.05) is 0 Å². The van der Waals surface area contributed by atoms with Gasteiger partial charge in [-0.25, -0.2) is 0 Å². The summed E-state index contributed by atoms with van der Waals surface area (Å²) in [6.07, 6.45) is 0. The van der Waals surface area contributed by atoms with Crippen LogP contribution in [0.2, 0.25) is 0 Å². The third kappa shape index (κ3) is 19.9. The van der Waals surface area contributed by atoms with Crippen molar-refractivity contribution < 1.29 is 68.3 Å². The molecule has 0 fully saturated rings. The van der Waals surface area contributed by atoms with E-state index in [9.17, 15) is 0 Å². The van der Waals surface area contributed by atoms with Crippen LogP contribution in [0.3, 0.4) is 0 Å². The molecule has 0 unspecified atom stereocenters. The second kappa shape index (κ2) is 28.9. The molecule has 0 spiro atoms. The van der Waals surface area contributed by atoms with E-state index in [0.29, 0.717) is 0 Å². The standard InChI is InChI=1S/Co.Cr.Fe.Mg.Mn. The molecule has 4 radical (unpaired) electrons. The quantitative estimate of drug-likeness (QED) is 0.511. The van der Waals surface area contributed by atoms with Gasteiger partial charge in [0, 0.05) is 91.3 Å². The van der Waals surface area contributed by atoms with Gasteiger partial charge in [0.25, 0.3) is 0 Å². The third-order valence-corrected chi connectivity index (χ3v) is 0. The van der Waals surface area contributed by atoms with Gasteiger partial charge >= 0.3 is 0 Å². The van der Waals surface area contributed by atoms with Crippen LogP contribution in [-0.2, 0) is 68.3 Å². The Balaban J connectivity index is 0. The molecule has 0 rings (SSSR count). The molecule has 0 saturated carbocycles. The van der Waals surface area contributed by atoms with Crippen LogP contribution in [0.1, 0.15) is 0 Å². The summed E-state index contributed by atoms with van der Waals surface area (Å²) in [4.78, 5) is 0. The molecule has 0 bridgehead atoms. The van der Waals surface area contributed by atoms with Crippen LogP contribution in [0, 0.1) is 0 Å². The van der Waals surface area contributed by atoms with Gasteiger partial charge in [-0.1, -0.05) is 0 Å². The Morgan fingerprint density at radius 3 is 1.00 bits per heavy atom. The summed E-state index contributed by atoms with van der Waals surface area (Å²) in [5, 5.41) is 0. The second-order valence-electron chi connectivity index (χ2n) is 0. The van der Waals surface area contributed by atoms with Gasteiger partial charge in [-0.3, -0.25) is 0 Å². The molecule has 0 nitrogen and oxygen atoms in total. The minimum atomic E-state index is 0. The van der Waals surface area contributed by atoms with Gasteiger partial charge < -0.3 is 0 Å². The Labute approximate surface area is 90.0 Å². The topological polar surface area (TPSA) is 0 Å². The summed E-state index contributed by atoms with van der Waals surface area (Å²) < 4.78 is 0. The summed E-state index contributed by atoms with van der Waals surface area (Å²) >= 11 is 0. The maximum atomic E-state index is 0. The van der Waals surface area contributed by atoms with Crippen molar-refractivity contribution in [3.8, 4) is 0 Å². The Kier molecular flexibility index (Phi) is 263. The number of hydrogen-bond acceptors (Lipinski definition) is 0. The molecule has 0 aromatic carbocycles. The maximum Gasteiger partial charge on any atom is 0 e. The van der Waals surface area contributed by atoms with Crippen LogP contribution >= 0.6 is 0 Å². The van der Waals surface area contributed by atoms with Gasteiger partial charge in [0.1, 0.15) is 0 Å². The Morgan fingerprint density at radius 1 is 1.00 bits per heavy atom. The fourth-order valence-corrected chi connectivity index (χ4v) is 0. The molecular weight excluding hydrogens is 246 g/mol. The first kappa shape index (κ1) is 45.4. The molecule has 32 valence electrons. The first-order valence-corrected chi connectivity index (χ1v) is 0. The molecule has 0 atom stereocenters. The molecule has 0 aliphatic rings. The molecule has 0 N–H and O–H groups in total. The van der Waals surface area contributed by atoms with Crippen LogP contribution in [-0.4, -0.2) is 23.1 Å². The van der Waals surface area contributed by atoms with Gasteiger partial charge in [-0.05, 0) is 0 Å². The van der Waals surface area contributed by atoms with Crippen LogP contribution in [0.4, 0.5) is 0 Å². The van der Waals surface area contributed by atoms with E-state index in [1.54, 1.807) is 0 Å². The third-order valence-electron chi connectivity index (χ3n) is 0. The minimum Gasteiger partial charge on any atom is 0 e. The molecule has 0 saturated heterocycles. The SMILES string of the molecule is [Co].[Cr].[Fe].[Mg].[Mn]. The minimum absolute atomic E-state index is 0. The van der Waals surface area contributed by atoms with E-state index in [4.69, 9.17) is 0 Å². The molecule has 0 aromatic heterocycles. The maximum absolute atomic E-state index is 0. The zero-order chi connectivity index (χ0) is 0. The van der Waals surface area contributed by atoms with Gasteiger partial charge in [-0.15, -0.1) is 0 Å². The number of hydrogen-bond donors (Lipinski definition) is 0. The monoisotopic (exact) mass is 246 g/mol. The fourth-order valence-electron chi connectivity index (χ4n) is 0. The van der Waals surface area contributed by atoms with Gasteiger partial charge in [-0.2, -0.15) is 0 Å². The molecule has 0 aliphatic carbocycles. The molecular formula is CoCrFeMgMn. The summed E-state index contributed by atoms with van der Waals surface area (Å²) in [5.74, 6) is 0. The van der Waals surface area contributed by atoms with Crippen molar-refractivity contribution >= 4 is 23.1 Å². The van der Waals surface area contributed by atoms with Crippen LogP contribution < -0.4 is 0 Å². The molecule has 5 heteroatoms. The zero-order valence-electron chi connectivity index (χ0n) is 2.18. The van der Waals surface area contributed by atoms with Gasteiger partial charge in [0.05, 0.1) is 0 Å². The van der Waals surface area contributed by atoms with E-state index >= 15 is 0 Å². The Morgan fingerprint density at radius 2 is 1.00 bits per heavy atom. The molecule has 0 amide bonds. The largest absolute Gasteiger partial charge is 0 e. The summed E-state index contributed by atoms with van der Waals surface area (Å²) in [6.45, 7) is 0. The van der Waals surface area contributed by atoms with Gasteiger partial charge in [0.15, 0.2) is 0 Å².